The predicted molar refractivity (Wildman–Crippen MR) is 161 cm³/mol. The maximum Gasteiger partial charge on any atom is 0.417 e. The molecule has 0 bridgehead atoms. The quantitative estimate of drug-likeness (QED) is 0.154. The molecule has 1 unspecified atom stereocenters. The SMILES string of the molecule is Cc1c(/C=C/c2cc(OCc3cncc(F)c3)c(CN3CCCCC3C(=O)O)cc2C(F)(F)F)cccc1-c1ccccc1. The van der Waals surface area contributed by atoms with Crippen LogP contribution in [0.3, 0.4) is 0 Å². The molecule has 1 N–H and O–H groups in total. The van der Waals surface area contributed by atoms with Gasteiger partial charge in [-0.2, -0.15) is 13.2 Å². The van der Waals surface area contributed by atoms with E-state index in [1.165, 1.54) is 24.4 Å². The minimum absolute atomic E-state index is 0.0427. The highest BCUT2D eigenvalue weighted by atomic mass is 19.4. The maximum absolute atomic E-state index is 14.5. The van der Waals surface area contributed by atoms with Crippen LogP contribution in [0.2, 0.25) is 0 Å². The summed E-state index contributed by atoms with van der Waals surface area (Å²) in [4.78, 5) is 17.4. The monoisotopic (exact) mass is 604 g/mol. The molecular weight excluding hydrogens is 572 g/mol. The molecule has 0 amide bonds. The fourth-order valence-corrected chi connectivity index (χ4v) is 5.60. The number of ether oxygens (including phenoxy) is 1. The minimum atomic E-state index is -4.69. The zero-order valence-corrected chi connectivity index (χ0v) is 24.2. The summed E-state index contributed by atoms with van der Waals surface area (Å²) in [6.07, 6.45) is 2.73. The second-order valence-electron chi connectivity index (χ2n) is 10.9. The highest BCUT2D eigenvalue weighted by Gasteiger charge is 2.35. The molecule has 1 atom stereocenters. The van der Waals surface area contributed by atoms with E-state index in [2.05, 4.69) is 4.98 Å². The molecule has 1 aliphatic heterocycles. The fourth-order valence-electron chi connectivity index (χ4n) is 5.60. The Hall–Kier alpha value is -4.50. The first-order chi connectivity index (χ1) is 21.1. The molecule has 5 nitrogen and oxygen atoms in total. The lowest BCUT2D eigenvalue weighted by Crippen LogP contribution is -2.44. The fraction of sp³-hybridized carbons (Fsp3) is 0.257. The molecule has 228 valence electrons. The topological polar surface area (TPSA) is 62.7 Å². The number of hydrogen-bond donors (Lipinski definition) is 1. The summed E-state index contributed by atoms with van der Waals surface area (Å²) in [6.45, 7) is 2.19. The van der Waals surface area contributed by atoms with Gasteiger partial charge in [0.25, 0.3) is 0 Å². The maximum atomic E-state index is 14.5. The average molecular weight is 605 g/mol. The van der Waals surface area contributed by atoms with Crippen molar-refractivity contribution in [1.29, 1.82) is 0 Å². The molecule has 5 rings (SSSR count). The molecule has 9 heteroatoms. The van der Waals surface area contributed by atoms with Crippen molar-refractivity contribution >= 4 is 18.1 Å². The lowest BCUT2D eigenvalue weighted by Gasteiger charge is -2.33. The van der Waals surface area contributed by atoms with Crippen LogP contribution < -0.4 is 4.74 Å². The Morgan fingerprint density at radius 3 is 2.52 bits per heavy atom. The van der Waals surface area contributed by atoms with Crippen molar-refractivity contribution in [3.63, 3.8) is 0 Å². The zero-order valence-electron chi connectivity index (χ0n) is 24.2. The van der Waals surface area contributed by atoms with Crippen molar-refractivity contribution in [2.24, 2.45) is 0 Å². The molecule has 1 saturated heterocycles. The van der Waals surface area contributed by atoms with E-state index in [1.807, 2.05) is 55.5 Å². The summed E-state index contributed by atoms with van der Waals surface area (Å²) in [6, 6.07) is 18.2. The number of rotatable bonds is 9. The van der Waals surface area contributed by atoms with Crippen LogP contribution in [0.4, 0.5) is 17.6 Å². The number of benzene rings is 3. The molecule has 0 aliphatic carbocycles. The van der Waals surface area contributed by atoms with E-state index < -0.39 is 29.6 Å². The molecule has 0 radical (unpaired) electrons. The average Bonchev–Trinajstić information content (AvgIpc) is 3.00. The lowest BCUT2D eigenvalue weighted by atomic mass is 9.95. The van der Waals surface area contributed by atoms with Crippen molar-refractivity contribution < 1.29 is 32.2 Å². The highest BCUT2D eigenvalue weighted by Crippen LogP contribution is 2.38. The summed E-state index contributed by atoms with van der Waals surface area (Å²) >= 11 is 0. The highest BCUT2D eigenvalue weighted by molar-refractivity contribution is 5.78. The molecule has 0 spiro atoms. The van der Waals surface area contributed by atoms with E-state index in [1.54, 1.807) is 11.0 Å². The molecule has 1 fully saturated rings. The summed E-state index contributed by atoms with van der Waals surface area (Å²) in [5.74, 6) is -1.42. The molecular formula is C35H32F4N2O3. The normalized spacial score (nSPS) is 15.9. The van der Waals surface area contributed by atoms with Gasteiger partial charge >= 0.3 is 12.1 Å². The molecule has 3 aromatic carbocycles. The Kier molecular flexibility index (Phi) is 9.44. The second kappa shape index (κ2) is 13.4. The molecule has 44 heavy (non-hydrogen) atoms. The van der Waals surface area contributed by atoms with Crippen LogP contribution >= 0.6 is 0 Å². The molecule has 1 aromatic heterocycles. The summed E-state index contributed by atoms with van der Waals surface area (Å²) < 4.78 is 63.3. The van der Waals surface area contributed by atoms with Crippen LogP contribution in [-0.2, 0) is 24.1 Å². The Labute approximate surface area is 253 Å². The van der Waals surface area contributed by atoms with Gasteiger partial charge in [0.05, 0.1) is 11.8 Å². The number of halogens is 4. The lowest BCUT2D eigenvalue weighted by molar-refractivity contribution is -0.145. The molecule has 0 saturated carbocycles. The van der Waals surface area contributed by atoms with Gasteiger partial charge in [0.15, 0.2) is 0 Å². The third kappa shape index (κ3) is 7.34. The predicted octanol–water partition coefficient (Wildman–Crippen LogP) is 8.40. The molecule has 1 aliphatic rings. The van der Waals surface area contributed by atoms with E-state index in [0.717, 1.165) is 47.4 Å². The van der Waals surface area contributed by atoms with Crippen molar-refractivity contribution in [2.75, 3.05) is 6.54 Å². The van der Waals surface area contributed by atoms with Gasteiger partial charge < -0.3 is 9.84 Å². The van der Waals surface area contributed by atoms with Crippen LogP contribution in [0.5, 0.6) is 5.75 Å². The van der Waals surface area contributed by atoms with Gasteiger partial charge in [-0.05, 0) is 72.3 Å². The number of carboxylic acids is 1. The molecule has 4 aromatic rings. The number of carbonyl (C=O) groups is 1. The number of carboxylic acid groups (broad SMARTS) is 1. The van der Waals surface area contributed by atoms with Crippen molar-refractivity contribution in [3.05, 3.63) is 118 Å². The van der Waals surface area contributed by atoms with E-state index in [4.69, 9.17) is 4.74 Å². The van der Waals surface area contributed by atoms with Crippen LogP contribution in [0.1, 0.15) is 52.6 Å². The number of nitrogens with zero attached hydrogens (tertiary/aromatic N) is 2. The zero-order chi connectivity index (χ0) is 31.3. The van der Waals surface area contributed by atoms with Gasteiger partial charge in [-0.1, -0.05) is 67.1 Å². The van der Waals surface area contributed by atoms with Crippen LogP contribution in [0.25, 0.3) is 23.3 Å². The van der Waals surface area contributed by atoms with Crippen LogP contribution in [0, 0.1) is 12.7 Å². The Bertz CT molecular complexity index is 1650. The standard InChI is InChI=1S/C35H32F4N2O3/c1-23-25(10-7-11-30(23)26-8-3-2-4-9-26)13-14-27-18-33(44-22-24-16-29(36)20-40-19-24)28(17-31(27)35(37,38)39)21-41-15-6-5-12-32(41)34(42)43/h2-4,7-11,13-14,16-20,32H,5-6,12,15,21-22H2,1H3,(H,42,43)/b14-13+. The number of likely N-dealkylation sites (tertiary alicyclic amines) is 1. The van der Waals surface area contributed by atoms with Gasteiger partial charge in [-0.15, -0.1) is 0 Å². The van der Waals surface area contributed by atoms with E-state index in [0.29, 0.717) is 18.5 Å². The second-order valence-corrected chi connectivity index (χ2v) is 10.9. The number of aromatic nitrogens is 1. The van der Waals surface area contributed by atoms with E-state index in [9.17, 15) is 27.5 Å². The number of aliphatic carboxylic acids is 1. The first-order valence-electron chi connectivity index (χ1n) is 14.4. The summed E-state index contributed by atoms with van der Waals surface area (Å²) in [7, 11) is 0. The summed E-state index contributed by atoms with van der Waals surface area (Å²) in [5, 5.41) is 9.75. The smallest absolute Gasteiger partial charge is 0.417 e. The van der Waals surface area contributed by atoms with Crippen molar-refractivity contribution in [3.8, 4) is 16.9 Å². The first kappa shape index (κ1) is 30.9. The van der Waals surface area contributed by atoms with Gasteiger partial charge in [-0.25, -0.2) is 4.39 Å². The molecule has 2 heterocycles. The van der Waals surface area contributed by atoms with Gasteiger partial charge in [0.1, 0.15) is 24.2 Å². The minimum Gasteiger partial charge on any atom is -0.488 e. The largest absolute Gasteiger partial charge is 0.488 e. The van der Waals surface area contributed by atoms with Gasteiger partial charge in [-0.3, -0.25) is 14.7 Å². The van der Waals surface area contributed by atoms with E-state index in [-0.39, 0.29) is 30.0 Å². The van der Waals surface area contributed by atoms with Crippen LogP contribution in [0.15, 0.2) is 79.1 Å². The number of piperidine rings is 1. The Morgan fingerprint density at radius 2 is 1.80 bits per heavy atom. The first-order valence-corrected chi connectivity index (χ1v) is 14.4. The third-order valence-corrected chi connectivity index (χ3v) is 7.87. The summed E-state index contributed by atoms with van der Waals surface area (Å²) in [5.41, 5.74) is 3.30. The Balaban J connectivity index is 1.55. The van der Waals surface area contributed by atoms with Gasteiger partial charge in [0, 0.05) is 23.9 Å². The number of pyridine rings is 1. The van der Waals surface area contributed by atoms with Crippen molar-refractivity contribution in [1.82, 2.24) is 9.88 Å². The van der Waals surface area contributed by atoms with Gasteiger partial charge in [0.2, 0.25) is 0 Å². The number of alkyl halides is 3. The van der Waals surface area contributed by atoms with E-state index >= 15 is 0 Å². The number of hydrogen-bond acceptors (Lipinski definition) is 4. The van der Waals surface area contributed by atoms with Crippen LogP contribution in [-0.4, -0.2) is 33.5 Å². The Morgan fingerprint density at radius 1 is 1.02 bits per heavy atom. The van der Waals surface area contributed by atoms with Crippen molar-refractivity contribution in [2.45, 2.75) is 51.6 Å². The third-order valence-electron chi connectivity index (χ3n) is 7.87.